The zero-order valence-electron chi connectivity index (χ0n) is 10.6. The molecule has 6 heteroatoms. The van der Waals surface area contributed by atoms with Crippen LogP contribution in [0.3, 0.4) is 0 Å². The number of ether oxygens (including phenoxy) is 4. The molecular formula is C12H19NO5. The van der Waals surface area contributed by atoms with Gasteiger partial charge in [0.2, 0.25) is 0 Å². The van der Waals surface area contributed by atoms with E-state index in [2.05, 4.69) is 0 Å². The molecule has 0 radical (unpaired) electrons. The molecule has 18 heavy (non-hydrogen) atoms. The molecule has 2 aliphatic heterocycles. The molecule has 0 N–H and O–H groups in total. The molecule has 1 fully saturated rings. The second-order valence-corrected chi connectivity index (χ2v) is 4.14. The summed E-state index contributed by atoms with van der Waals surface area (Å²) in [4.78, 5) is 12.8. The average Bonchev–Trinajstić information content (AvgIpc) is 2.87. The highest BCUT2D eigenvalue weighted by Gasteiger charge is 2.22. The van der Waals surface area contributed by atoms with Crippen molar-refractivity contribution in [3.8, 4) is 0 Å². The molecule has 2 rings (SSSR count). The van der Waals surface area contributed by atoms with Gasteiger partial charge in [-0.15, -0.1) is 0 Å². The molecule has 1 unspecified atom stereocenters. The lowest BCUT2D eigenvalue weighted by molar-refractivity contribution is -0.161. The molecule has 0 bridgehead atoms. The smallest absolute Gasteiger partial charge is 0.416 e. The van der Waals surface area contributed by atoms with Crippen LogP contribution >= 0.6 is 0 Å². The highest BCUT2D eigenvalue weighted by molar-refractivity contribution is 5.69. The van der Waals surface area contributed by atoms with Crippen LogP contribution in [0.1, 0.15) is 26.2 Å². The summed E-state index contributed by atoms with van der Waals surface area (Å²) in [5.41, 5.74) is 0. The van der Waals surface area contributed by atoms with E-state index in [9.17, 15) is 4.79 Å². The molecule has 1 amide bonds. The van der Waals surface area contributed by atoms with E-state index in [4.69, 9.17) is 18.9 Å². The Morgan fingerprint density at radius 1 is 1.56 bits per heavy atom. The van der Waals surface area contributed by atoms with Gasteiger partial charge in [0.1, 0.15) is 12.4 Å². The number of amides is 1. The van der Waals surface area contributed by atoms with Crippen LogP contribution in [0.4, 0.5) is 4.79 Å². The first-order chi connectivity index (χ1) is 8.79. The number of rotatable bonds is 4. The van der Waals surface area contributed by atoms with Gasteiger partial charge in [0.15, 0.2) is 13.0 Å². The van der Waals surface area contributed by atoms with E-state index in [1.165, 1.54) is 4.90 Å². The topological polar surface area (TPSA) is 57.2 Å². The van der Waals surface area contributed by atoms with Gasteiger partial charge < -0.3 is 18.9 Å². The van der Waals surface area contributed by atoms with Crippen LogP contribution in [0.15, 0.2) is 12.0 Å². The molecule has 0 aliphatic carbocycles. The Hall–Kier alpha value is -1.27. The predicted molar refractivity (Wildman–Crippen MR) is 62.4 cm³/mol. The fourth-order valence-corrected chi connectivity index (χ4v) is 1.81. The quantitative estimate of drug-likeness (QED) is 0.768. The predicted octanol–water partition coefficient (Wildman–Crippen LogP) is 1.82. The summed E-state index contributed by atoms with van der Waals surface area (Å²) in [7, 11) is 0. The van der Waals surface area contributed by atoms with Gasteiger partial charge in [-0.1, -0.05) is 0 Å². The van der Waals surface area contributed by atoms with Crippen molar-refractivity contribution in [1.29, 1.82) is 0 Å². The van der Waals surface area contributed by atoms with Crippen molar-refractivity contribution in [2.24, 2.45) is 0 Å². The van der Waals surface area contributed by atoms with Gasteiger partial charge in [-0.05, 0) is 26.2 Å². The number of hydrogen-bond acceptors (Lipinski definition) is 5. The maximum absolute atomic E-state index is 11.4. The number of nitrogens with zero attached hydrogens (tertiary/aromatic N) is 1. The van der Waals surface area contributed by atoms with Gasteiger partial charge in [-0.2, -0.15) is 0 Å². The lowest BCUT2D eigenvalue weighted by Gasteiger charge is -2.22. The minimum absolute atomic E-state index is 0.153. The van der Waals surface area contributed by atoms with Crippen LogP contribution in [0.2, 0.25) is 0 Å². The van der Waals surface area contributed by atoms with Gasteiger partial charge in [-0.3, -0.25) is 0 Å². The van der Waals surface area contributed by atoms with E-state index in [1.807, 2.05) is 0 Å². The summed E-state index contributed by atoms with van der Waals surface area (Å²) < 4.78 is 21.2. The second kappa shape index (κ2) is 6.61. The molecule has 0 aromatic carbocycles. The second-order valence-electron chi connectivity index (χ2n) is 4.14. The third-order valence-corrected chi connectivity index (χ3v) is 2.74. The monoisotopic (exact) mass is 257 g/mol. The zero-order valence-corrected chi connectivity index (χ0v) is 10.6. The van der Waals surface area contributed by atoms with E-state index in [-0.39, 0.29) is 13.0 Å². The van der Waals surface area contributed by atoms with Gasteiger partial charge in [0.05, 0.1) is 12.8 Å². The highest BCUT2D eigenvalue weighted by atomic mass is 16.7. The molecule has 2 aliphatic rings. The van der Waals surface area contributed by atoms with Crippen LogP contribution in [0, 0.1) is 0 Å². The van der Waals surface area contributed by atoms with Crippen LogP contribution in [0.5, 0.6) is 0 Å². The molecule has 0 aromatic heterocycles. The fourth-order valence-electron chi connectivity index (χ4n) is 1.81. The summed E-state index contributed by atoms with van der Waals surface area (Å²) in [5.74, 6) is 0.622. The molecular weight excluding hydrogens is 238 g/mol. The molecule has 0 aromatic rings. The maximum atomic E-state index is 11.4. The number of hydrogen-bond donors (Lipinski definition) is 0. The van der Waals surface area contributed by atoms with E-state index in [0.29, 0.717) is 19.0 Å². The molecule has 102 valence electrons. The highest BCUT2D eigenvalue weighted by Crippen LogP contribution is 2.17. The SMILES string of the molecule is CCOC(=O)N1C=C(COC2CCCCO2)OC1. The van der Waals surface area contributed by atoms with Crippen molar-refractivity contribution < 1.29 is 23.7 Å². The van der Waals surface area contributed by atoms with Gasteiger partial charge in [-0.25, -0.2) is 9.69 Å². The fraction of sp³-hybridized carbons (Fsp3) is 0.750. The molecule has 1 saturated heterocycles. The Balaban J connectivity index is 1.73. The molecule has 0 spiro atoms. The van der Waals surface area contributed by atoms with E-state index < -0.39 is 6.09 Å². The summed E-state index contributed by atoms with van der Waals surface area (Å²) in [6.07, 6.45) is 4.19. The van der Waals surface area contributed by atoms with Gasteiger partial charge >= 0.3 is 6.09 Å². The summed E-state index contributed by atoms with van der Waals surface area (Å²) in [6.45, 7) is 3.37. The first-order valence-corrected chi connectivity index (χ1v) is 6.29. The standard InChI is InChI=1S/C12H19NO5/c1-2-15-12(14)13-7-10(18-9-13)8-17-11-5-3-4-6-16-11/h7,11H,2-6,8-9H2,1H3. The first kappa shape index (κ1) is 13.2. The molecule has 2 heterocycles. The largest absolute Gasteiger partial charge is 0.473 e. The van der Waals surface area contributed by atoms with Crippen molar-refractivity contribution in [1.82, 2.24) is 4.90 Å². The van der Waals surface area contributed by atoms with E-state index in [0.717, 1.165) is 25.9 Å². The van der Waals surface area contributed by atoms with Crippen molar-refractivity contribution in [3.05, 3.63) is 12.0 Å². The maximum Gasteiger partial charge on any atom is 0.416 e. The minimum atomic E-state index is -0.401. The molecule has 0 saturated carbocycles. The van der Waals surface area contributed by atoms with Crippen molar-refractivity contribution in [2.45, 2.75) is 32.5 Å². The van der Waals surface area contributed by atoms with E-state index in [1.54, 1.807) is 13.1 Å². The van der Waals surface area contributed by atoms with Gasteiger partial charge in [0.25, 0.3) is 0 Å². The Morgan fingerprint density at radius 2 is 2.44 bits per heavy atom. The normalized spacial score (nSPS) is 23.5. The first-order valence-electron chi connectivity index (χ1n) is 6.29. The minimum Gasteiger partial charge on any atom is -0.473 e. The Labute approximate surface area is 106 Å². The van der Waals surface area contributed by atoms with E-state index >= 15 is 0 Å². The third-order valence-electron chi connectivity index (χ3n) is 2.74. The van der Waals surface area contributed by atoms with Crippen LogP contribution in [-0.2, 0) is 18.9 Å². The summed E-state index contributed by atoms with van der Waals surface area (Å²) in [6, 6.07) is 0. The summed E-state index contributed by atoms with van der Waals surface area (Å²) >= 11 is 0. The van der Waals surface area contributed by atoms with Crippen molar-refractivity contribution >= 4 is 6.09 Å². The molecule has 6 nitrogen and oxygen atoms in total. The van der Waals surface area contributed by atoms with Crippen LogP contribution < -0.4 is 0 Å². The number of carbonyl (C=O) groups excluding carboxylic acids is 1. The summed E-state index contributed by atoms with van der Waals surface area (Å²) in [5, 5.41) is 0. The van der Waals surface area contributed by atoms with Gasteiger partial charge in [0, 0.05) is 6.61 Å². The third kappa shape index (κ3) is 3.61. The molecule has 1 atom stereocenters. The lowest BCUT2D eigenvalue weighted by atomic mass is 10.2. The van der Waals surface area contributed by atoms with Crippen LogP contribution in [0.25, 0.3) is 0 Å². The lowest BCUT2D eigenvalue weighted by Crippen LogP contribution is -2.24. The zero-order chi connectivity index (χ0) is 12.8. The van der Waals surface area contributed by atoms with Crippen molar-refractivity contribution in [2.75, 3.05) is 26.6 Å². The Bertz CT molecular complexity index is 312. The van der Waals surface area contributed by atoms with Crippen molar-refractivity contribution in [3.63, 3.8) is 0 Å². The average molecular weight is 257 g/mol. The van der Waals surface area contributed by atoms with Crippen LogP contribution in [-0.4, -0.2) is 43.8 Å². The Kier molecular flexibility index (Phi) is 4.83. The Morgan fingerprint density at radius 3 is 3.17 bits per heavy atom. The number of carbonyl (C=O) groups is 1.